The molecular formula is C25H19N3O2. The Kier molecular flexibility index (Phi) is 5.09. The van der Waals surface area contributed by atoms with Gasteiger partial charge in [-0.25, -0.2) is 4.98 Å². The van der Waals surface area contributed by atoms with E-state index in [1.54, 1.807) is 30.4 Å². The van der Waals surface area contributed by atoms with Crippen molar-refractivity contribution in [3.05, 3.63) is 114 Å². The van der Waals surface area contributed by atoms with Crippen LogP contribution in [0, 0.1) is 10.1 Å². The average molecular weight is 393 g/mol. The second-order valence-corrected chi connectivity index (χ2v) is 6.65. The lowest BCUT2D eigenvalue weighted by Gasteiger charge is -2.10. The van der Waals surface area contributed by atoms with E-state index >= 15 is 0 Å². The summed E-state index contributed by atoms with van der Waals surface area (Å²) in [5, 5.41) is 11.5. The van der Waals surface area contributed by atoms with Crippen LogP contribution in [0.15, 0.2) is 104 Å². The third-order valence-corrected chi connectivity index (χ3v) is 4.85. The van der Waals surface area contributed by atoms with Crippen molar-refractivity contribution in [1.82, 2.24) is 9.55 Å². The summed E-state index contributed by atoms with van der Waals surface area (Å²) in [6, 6.07) is 22.3. The number of aromatic nitrogens is 2. The summed E-state index contributed by atoms with van der Waals surface area (Å²) >= 11 is 0. The van der Waals surface area contributed by atoms with Crippen LogP contribution in [0.4, 0.5) is 5.69 Å². The van der Waals surface area contributed by atoms with Gasteiger partial charge in [-0.05, 0) is 35.9 Å². The van der Waals surface area contributed by atoms with Crippen molar-refractivity contribution in [2.45, 2.75) is 0 Å². The maximum Gasteiger partial charge on any atom is 0.277 e. The molecule has 1 aromatic heterocycles. The van der Waals surface area contributed by atoms with E-state index in [4.69, 9.17) is 4.98 Å². The summed E-state index contributed by atoms with van der Waals surface area (Å²) in [6.07, 6.45) is 5.33. The third kappa shape index (κ3) is 3.33. The monoisotopic (exact) mass is 393 g/mol. The van der Waals surface area contributed by atoms with E-state index in [-0.39, 0.29) is 10.6 Å². The Balaban J connectivity index is 1.99. The Hall–Kier alpha value is -4.25. The van der Waals surface area contributed by atoms with Gasteiger partial charge in [-0.15, -0.1) is 0 Å². The molecule has 30 heavy (non-hydrogen) atoms. The highest BCUT2D eigenvalue weighted by molar-refractivity contribution is 5.90. The second kappa shape index (κ2) is 8.01. The number of nitrogens with zero attached hydrogens (tertiary/aromatic N) is 3. The first-order valence-corrected chi connectivity index (χ1v) is 9.41. The second-order valence-electron chi connectivity index (χ2n) is 6.65. The van der Waals surface area contributed by atoms with E-state index in [0.717, 1.165) is 33.7 Å². The van der Waals surface area contributed by atoms with Crippen molar-refractivity contribution < 1.29 is 4.92 Å². The van der Waals surface area contributed by atoms with E-state index in [1.165, 1.54) is 6.07 Å². The predicted molar refractivity (Wildman–Crippen MR) is 122 cm³/mol. The van der Waals surface area contributed by atoms with Gasteiger partial charge in [-0.2, -0.15) is 0 Å². The molecule has 0 aliphatic rings. The van der Waals surface area contributed by atoms with Crippen LogP contribution in [0.2, 0.25) is 0 Å². The quantitative estimate of drug-likeness (QED) is 0.214. The third-order valence-electron chi connectivity index (χ3n) is 4.85. The van der Waals surface area contributed by atoms with Crippen LogP contribution in [-0.2, 0) is 0 Å². The number of benzene rings is 3. The van der Waals surface area contributed by atoms with Gasteiger partial charge in [-0.3, -0.25) is 14.7 Å². The molecule has 0 fully saturated rings. The Morgan fingerprint density at radius 2 is 1.70 bits per heavy atom. The topological polar surface area (TPSA) is 61.0 Å². The Morgan fingerprint density at radius 3 is 2.40 bits per heavy atom. The minimum atomic E-state index is -0.365. The number of nitro benzene ring substituents is 1. The molecule has 4 rings (SSSR count). The van der Waals surface area contributed by atoms with Crippen LogP contribution in [0.25, 0.3) is 39.2 Å². The molecule has 0 aliphatic heterocycles. The van der Waals surface area contributed by atoms with Crippen molar-refractivity contribution in [3.63, 3.8) is 0 Å². The van der Waals surface area contributed by atoms with Crippen LogP contribution in [-0.4, -0.2) is 14.5 Å². The zero-order chi connectivity index (χ0) is 21.1. The van der Waals surface area contributed by atoms with Crippen molar-refractivity contribution in [2.24, 2.45) is 0 Å². The molecular weight excluding hydrogens is 374 g/mol. The van der Waals surface area contributed by atoms with Crippen LogP contribution < -0.4 is 0 Å². The zero-order valence-electron chi connectivity index (χ0n) is 16.2. The van der Waals surface area contributed by atoms with Gasteiger partial charge >= 0.3 is 0 Å². The largest absolute Gasteiger partial charge is 0.292 e. The number of imidazole rings is 1. The molecule has 0 aliphatic carbocycles. The number of hydrogen-bond acceptors (Lipinski definition) is 3. The van der Waals surface area contributed by atoms with Gasteiger partial charge < -0.3 is 0 Å². The van der Waals surface area contributed by atoms with Gasteiger partial charge in [0.15, 0.2) is 0 Å². The highest BCUT2D eigenvalue weighted by atomic mass is 16.6. The molecule has 0 amide bonds. The van der Waals surface area contributed by atoms with Crippen molar-refractivity contribution in [3.8, 4) is 22.5 Å². The maximum atomic E-state index is 11.5. The zero-order valence-corrected chi connectivity index (χ0v) is 16.2. The van der Waals surface area contributed by atoms with Gasteiger partial charge in [0.05, 0.1) is 21.5 Å². The van der Waals surface area contributed by atoms with E-state index in [9.17, 15) is 10.1 Å². The first-order valence-electron chi connectivity index (χ1n) is 9.41. The van der Waals surface area contributed by atoms with Crippen molar-refractivity contribution in [1.29, 1.82) is 0 Å². The summed E-state index contributed by atoms with van der Waals surface area (Å²) in [5.74, 6) is 0.762. The number of fused-ring (bicyclic) bond motifs is 1. The van der Waals surface area contributed by atoms with Crippen LogP contribution in [0.5, 0.6) is 0 Å². The minimum Gasteiger partial charge on any atom is -0.292 e. The number of para-hydroxylation sites is 1. The molecule has 0 bridgehead atoms. The highest BCUT2D eigenvalue weighted by Crippen LogP contribution is 2.34. The smallest absolute Gasteiger partial charge is 0.277 e. The number of hydrogen-bond donors (Lipinski definition) is 0. The summed E-state index contributed by atoms with van der Waals surface area (Å²) in [6.45, 7) is 7.73. The van der Waals surface area contributed by atoms with E-state index in [0.29, 0.717) is 5.56 Å². The summed E-state index contributed by atoms with van der Waals surface area (Å²) in [5.41, 5.74) is 4.78. The Bertz CT molecular complexity index is 1300. The average Bonchev–Trinajstić information content (AvgIpc) is 3.16. The van der Waals surface area contributed by atoms with Crippen molar-refractivity contribution in [2.75, 3.05) is 0 Å². The lowest BCUT2D eigenvalue weighted by molar-refractivity contribution is -0.384. The Labute approximate surface area is 174 Å². The van der Waals surface area contributed by atoms with Crippen molar-refractivity contribution >= 4 is 22.4 Å². The standard InChI is InChI=1S/C25H19N3O2/c1-3-10-20(4-2)27-24-16-15-19(21-13-8-9-14-23(21)28(29)30)17-22(24)26-25(27)18-11-6-5-7-12-18/h3-17H,1-2H2/b20-10+. The van der Waals surface area contributed by atoms with E-state index in [1.807, 2.05) is 59.2 Å². The normalized spacial score (nSPS) is 11.4. The van der Waals surface area contributed by atoms with Gasteiger partial charge in [0.1, 0.15) is 5.82 Å². The van der Waals surface area contributed by atoms with Crippen LogP contribution in [0.1, 0.15) is 0 Å². The fraction of sp³-hybridized carbons (Fsp3) is 0. The SMILES string of the molecule is C=C/C=C(\C=C)n1c(-c2ccccc2)nc2cc(-c3ccccc3[N+](=O)[O-])ccc21. The molecule has 5 heteroatoms. The van der Waals surface area contributed by atoms with Gasteiger partial charge in [0, 0.05) is 17.3 Å². The summed E-state index contributed by atoms with van der Waals surface area (Å²) in [4.78, 5) is 16.0. The molecule has 146 valence electrons. The molecule has 4 aromatic rings. The lowest BCUT2D eigenvalue weighted by Crippen LogP contribution is -1.98. The first kappa shape index (κ1) is 19.1. The molecule has 0 saturated carbocycles. The van der Waals surface area contributed by atoms with Crippen LogP contribution >= 0.6 is 0 Å². The fourth-order valence-corrected chi connectivity index (χ4v) is 3.52. The van der Waals surface area contributed by atoms with E-state index < -0.39 is 0 Å². The molecule has 0 saturated heterocycles. The molecule has 0 N–H and O–H groups in total. The molecule has 0 radical (unpaired) electrons. The van der Waals surface area contributed by atoms with Gasteiger partial charge in [-0.1, -0.05) is 67.8 Å². The fourth-order valence-electron chi connectivity index (χ4n) is 3.52. The number of nitro groups is 1. The molecule has 0 spiro atoms. The predicted octanol–water partition coefficient (Wildman–Crippen LogP) is 6.49. The molecule has 0 unspecified atom stereocenters. The van der Waals surface area contributed by atoms with E-state index in [2.05, 4.69) is 13.2 Å². The van der Waals surface area contributed by atoms with Gasteiger partial charge in [0.2, 0.25) is 0 Å². The summed E-state index contributed by atoms with van der Waals surface area (Å²) < 4.78 is 2.02. The van der Waals surface area contributed by atoms with Gasteiger partial charge in [0.25, 0.3) is 5.69 Å². The lowest BCUT2D eigenvalue weighted by atomic mass is 10.0. The first-order chi connectivity index (χ1) is 14.6. The maximum absolute atomic E-state index is 11.5. The molecule has 3 aromatic carbocycles. The van der Waals surface area contributed by atoms with Crippen LogP contribution in [0.3, 0.4) is 0 Å². The molecule has 5 nitrogen and oxygen atoms in total. The Morgan fingerprint density at radius 1 is 0.967 bits per heavy atom. The minimum absolute atomic E-state index is 0.0675. The highest BCUT2D eigenvalue weighted by Gasteiger charge is 2.18. The molecule has 0 atom stereocenters. The molecule has 1 heterocycles. The number of allylic oxidation sites excluding steroid dienone is 4. The summed E-state index contributed by atoms with van der Waals surface area (Å²) in [7, 11) is 0. The number of rotatable bonds is 6.